The zero-order valence-corrected chi connectivity index (χ0v) is 9.84. The molecule has 2 aliphatic rings. The first kappa shape index (κ1) is 11.4. The van der Waals surface area contributed by atoms with E-state index in [1.165, 1.54) is 64.5 Å². The Morgan fingerprint density at radius 2 is 2.00 bits per heavy atom. The average Bonchev–Trinajstić information content (AvgIpc) is 2.62. The SMILES string of the molecule is C1CNCCC(CCCC2CCCO2)C1. The minimum Gasteiger partial charge on any atom is -0.378 e. The molecule has 0 bridgehead atoms. The second-order valence-corrected chi connectivity index (χ2v) is 5.11. The summed E-state index contributed by atoms with van der Waals surface area (Å²) in [5, 5.41) is 3.48. The zero-order chi connectivity index (χ0) is 10.3. The molecular weight excluding hydrogens is 186 g/mol. The minimum absolute atomic E-state index is 0.605. The van der Waals surface area contributed by atoms with Gasteiger partial charge in [-0.2, -0.15) is 0 Å². The van der Waals surface area contributed by atoms with Crippen molar-refractivity contribution in [3.63, 3.8) is 0 Å². The lowest BCUT2D eigenvalue weighted by atomic mass is 9.93. The van der Waals surface area contributed by atoms with Crippen LogP contribution in [0.3, 0.4) is 0 Å². The van der Waals surface area contributed by atoms with Gasteiger partial charge in [0.1, 0.15) is 0 Å². The molecule has 0 saturated carbocycles. The lowest BCUT2D eigenvalue weighted by Gasteiger charge is -2.14. The number of hydrogen-bond acceptors (Lipinski definition) is 2. The van der Waals surface area contributed by atoms with Crippen LogP contribution < -0.4 is 5.32 Å². The zero-order valence-electron chi connectivity index (χ0n) is 9.84. The molecule has 15 heavy (non-hydrogen) atoms. The predicted octanol–water partition coefficient (Wildman–Crippen LogP) is 2.73. The molecule has 2 heterocycles. The standard InChI is InChI=1S/C13H25NO/c1(6-13-7-3-11-15-13)4-12-5-2-9-14-10-8-12/h12-14H,1-11H2. The van der Waals surface area contributed by atoms with Gasteiger partial charge >= 0.3 is 0 Å². The van der Waals surface area contributed by atoms with Crippen molar-refractivity contribution < 1.29 is 4.74 Å². The van der Waals surface area contributed by atoms with Crippen molar-refractivity contribution in [3.05, 3.63) is 0 Å². The van der Waals surface area contributed by atoms with Crippen molar-refractivity contribution in [1.29, 1.82) is 0 Å². The average molecular weight is 211 g/mol. The van der Waals surface area contributed by atoms with Crippen LogP contribution in [0.5, 0.6) is 0 Å². The third kappa shape index (κ3) is 4.12. The number of rotatable bonds is 4. The second-order valence-electron chi connectivity index (χ2n) is 5.11. The first-order chi connectivity index (χ1) is 7.45. The maximum atomic E-state index is 5.65. The van der Waals surface area contributed by atoms with Gasteiger partial charge < -0.3 is 10.1 Å². The molecule has 2 fully saturated rings. The highest BCUT2D eigenvalue weighted by Crippen LogP contribution is 2.23. The van der Waals surface area contributed by atoms with Gasteiger partial charge in [-0.15, -0.1) is 0 Å². The molecule has 2 unspecified atom stereocenters. The Bertz CT molecular complexity index is 158. The van der Waals surface area contributed by atoms with E-state index in [9.17, 15) is 0 Å². The van der Waals surface area contributed by atoms with Gasteiger partial charge in [0.25, 0.3) is 0 Å². The van der Waals surface area contributed by atoms with E-state index < -0.39 is 0 Å². The molecule has 88 valence electrons. The Hall–Kier alpha value is -0.0800. The summed E-state index contributed by atoms with van der Waals surface area (Å²) >= 11 is 0. The summed E-state index contributed by atoms with van der Waals surface area (Å²) in [5.41, 5.74) is 0. The van der Waals surface area contributed by atoms with Gasteiger partial charge in [-0.05, 0) is 57.5 Å². The number of hydrogen-bond donors (Lipinski definition) is 1. The maximum Gasteiger partial charge on any atom is 0.0576 e. The molecule has 0 aromatic rings. The van der Waals surface area contributed by atoms with Gasteiger partial charge in [0.2, 0.25) is 0 Å². The molecule has 2 saturated heterocycles. The lowest BCUT2D eigenvalue weighted by molar-refractivity contribution is 0.100. The van der Waals surface area contributed by atoms with Crippen LogP contribution in [0, 0.1) is 5.92 Å². The van der Waals surface area contributed by atoms with Gasteiger partial charge in [0.05, 0.1) is 6.10 Å². The molecular formula is C13H25NO. The molecule has 0 radical (unpaired) electrons. The summed E-state index contributed by atoms with van der Waals surface area (Å²) in [4.78, 5) is 0. The fourth-order valence-electron chi connectivity index (χ4n) is 2.89. The van der Waals surface area contributed by atoms with E-state index in [1.54, 1.807) is 0 Å². The second kappa shape index (κ2) is 6.49. The van der Waals surface area contributed by atoms with Crippen molar-refractivity contribution in [2.75, 3.05) is 19.7 Å². The summed E-state index contributed by atoms with van der Waals surface area (Å²) in [7, 11) is 0. The summed E-state index contributed by atoms with van der Waals surface area (Å²) in [5.74, 6) is 0.987. The van der Waals surface area contributed by atoms with Crippen LogP contribution in [-0.2, 0) is 4.74 Å². The van der Waals surface area contributed by atoms with Crippen molar-refractivity contribution in [1.82, 2.24) is 5.32 Å². The van der Waals surface area contributed by atoms with Crippen molar-refractivity contribution in [2.24, 2.45) is 5.92 Å². The Balaban J connectivity index is 1.55. The molecule has 0 aromatic carbocycles. The largest absolute Gasteiger partial charge is 0.378 e. The van der Waals surface area contributed by atoms with Gasteiger partial charge in [-0.25, -0.2) is 0 Å². The Morgan fingerprint density at radius 1 is 1.00 bits per heavy atom. The molecule has 2 rings (SSSR count). The molecule has 2 aliphatic heterocycles. The minimum atomic E-state index is 0.605. The highest BCUT2D eigenvalue weighted by molar-refractivity contribution is 4.69. The summed E-state index contributed by atoms with van der Waals surface area (Å²) in [6.45, 7) is 3.49. The summed E-state index contributed by atoms with van der Waals surface area (Å²) in [6, 6.07) is 0. The van der Waals surface area contributed by atoms with Crippen molar-refractivity contribution >= 4 is 0 Å². The third-order valence-corrected chi connectivity index (χ3v) is 3.86. The Kier molecular flexibility index (Phi) is 4.94. The van der Waals surface area contributed by atoms with Crippen molar-refractivity contribution in [3.8, 4) is 0 Å². The summed E-state index contributed by atoms with van der Waals surface area (Å²) in [6.07, 6.45) is 11.5. The topological polar surface area (TPSA) is 21.3 Å². The molecule has 0 aliphatic carbocycles. The monoisotopic (exact) mass is 211 g/mol. The van der Waals surface area contributed by atoms with E-state index >= 15 is 0 Å². The lowest BCUT2D eigenvalue weighted by Crippen LogP contribution is -2.14. The molecule has 1 N–H and O–H groups in total. The first-order valence-electron chi connectivity index (χ1n) is 6.77. The van der Waals surface area contributed by atoms with E-state index in [0.717, 1.165) is 12.5 Å². The predicted molar refractivity (Wildman–Crippen MR) is 63.0 cm³/mol. The maximum absolute atomic E-state index is 5.65. The molecule has 0 spiro atoms. The van der Waals surface area contributed by atoms with Crippen LogP contribution in [0.2, 0.25) is 0 Å². The summed E-state index contributed by atoms with van der Waals surface area (Å²) < 4.78 is 5.65. The number of ether oxygens (including phenoxy) is 1. The fraction of sp³-hybridized carbons (Fsp3) is 1.00. The highest BCUT2D eigenvalue weighted by atomic mass is 16.5. The van der Waals surface area contributed by atoms with Crippen LogP contribution in [0.25, 0.3) is 0 Å². The van der Waals surface area contributed by atoms with Crippen LogP contribution >= 0.6 is 0 Å². The van der Waals surface area contributed by atoms with Gasteiger partial charge in [-0.1, -0.05) is 12.8 Å². The quantitative estimate of drug-likeness (QED) is 0.772. The van der Waals surface area contributed by atoms with Crippen LogP contribution in [0.15, 0.2) is 0 Å². The number of nitrogens with one attached hydrogen (secondary N) is 1. The molecule has 0 aromatic heterocycles. The van der Waals surface area contributed by atoms with E-state index in [-0.39, 0.29) is 0 Å². The van der Waals surface area contributed by atoms with E-state index in [0.29, 0.717) is 6.10 Å². The highest BCUT2D eigenvalue weighted by Gasteiger charge is 2.16. The third-order valence-electron chi connectivity index (χ3n) is 3.86. The van der Waals surface area contributed by atoms with Gasteiger partial charge in [0, 0.05) is 6.61 Å². The normalized spacial score (nSPS) is 32.8. The Morgan fingerprint density at radius 3 is 2.87 bits per heavy atom. The van der Waals surface area contributed by atoms with E-state index in [1.807, 2.05) is 0 Å². The van der Waals surface area contributed by atoms with Gasteiger partial charge in [-0.3, -0.25) is 0 Å². The molecule has 2 atom stereocenters. The van der Waals surface area contributed by atoms with Crippen molar-refractivity contribution in [2.45, 2.75) is 57.5 Å². The Labute approximate surface area is 93.8 Å². The smallest absolute Gasteiger partial charge is 0.0576 e. The van der Waals surface area contributed by atoms with E-state index in [4.69, 9.17) is 4.74 Å². The fourth-order valence-corrected chi connectivity index (χ4v) is 2.89. The van der Waals surface area contributed by atoms with Gasteiger partial charge in [0.15, 0.2) is 0 Å². The first-order valence-corrected chi connectivity index (χ1v) is 6.77. The van der Waals surface area contributed by atoms with E-state index in [2.05, 4.69) is 5.32 Å². The van der Waals surface area contributed by atoms with Crippen LogP contribution in [0.4, 0.5) is 0 Å². The molecule has 2 nitrogen and oxygen atoms in total. The molecule has 0 amide bonds. The molecule has 2 heteroatoms. The van der Waals surface area contributed by atoms with Crippen LogP contribution in [0.1, 0.15) is 51.4 Å². The van der Waals surface area contributed by atoms with Crippen LogP contribution in [-0.4, -0.2) is 25.8 Å².